The predicted molar refractivity (Wildman–Crippen MR) is 237 cm³/mol. The Kier molecular flexibility index (Phi) is 14.1. The first kappa shape index (κ1) is 50.4. The third-order valence-electron chi connectivity index (χ3n) is 18.4. The molecular weight excluding hydrogens is 905 g/mol. The van der Waals surface area contributed by atoms with E-state index in [1.807, 2.05) is 0 Å². The molecule has 4 aliphatic carbocycles. The highest BCUT2D eigenvalue weighted by Crippen LogP contribution is 2.65. The number of ether oxygens (including phenoxy) is 6. The zero-order chi connectivity index (χ0) is 49.0. The van der Waals surface area contributed by atoms with Crippen molar-refractivity contribution in [2.75, 3.05) is 26.4 Å². The lowest BCUT2D eigenvalue weighted by Gasteiger charge is -2.49. The van der Waals surface area contributed by atoms with Gasteiger partial charge < -0.3 is 84.6 Å². The molecule has 10 rings (SSSR count). The summed E-state index contributed by atoms with van der Waals surface area (Å²) in [5.41, 5.74) is 4.89. The van der Waals surface area contributed by atoms with Crippen LogP contribution in [0.4, 0.5) is 0 Å². The van der Waals surface area contributed by atoms with Gasteiger partial charge in [0.2, 0.25) is 0 Å². The Balaban J connectivity index is 0.799. The van der Waals surface area contributed by atoms with E-state index in [2.05, 4.69) is 49.0 Å². The zero-order valence-corrected chi connectivity index (χ0v) is 39.8. The van der Waals surface area contributed by atoms with E-state index in [1.54, 1.807) is 11.8 Å². The highest BCUT2D eigenvalue weighted by molar-refractivity contribution is 5.38. The van der Waals surface area contributed by atoms with Crippen molar-refractivity contribution in [3.63, 3.8) is 0 Å². The van der Waals surface area contributed by atoms with E-state index in [9.17, 15) is 56.2 Å². The highest BCUT2D eigenvalue weighted by atomic mass is 16.7. The van der Waals surface area contributed by atoms with E-state index < -0.39 is 112 Å². The zero-order valence-electron chi connectivity index (χ0n) is 39.8. The Morgan fingerprint density at radius 3 is 2.12 bits per heavy atom. The van der Waals surface area contributed by atoms with Crippen molar-refractivity contribution in [2.45, 2.75) is 202 Å². The van der Waals surface area contributed by atoms with Crippen LogP contribution in [0, 0.1) is 35.0 Å². The lowest BCUT2D eigenvalue weighted by Crippen LogP contribution is -2.66. The van der Waals surface area contributed by atoms with Crippen molar-refractivity contribution >= 4 is 0 Å². The first-order valence-electron chi connectivity index (χ1n) is 25.2. The van der Waals surface area contributed by atoms with Gasteiger partial charge in [0, 0.05) is 25.0 Å². The van der Waals surface area contributed by atoms with Crippen molar-refractivity contribution in [1.82, 2.24) is 19.9 Å². The third kappa shape index (κ3) is 8.41. The molecule has 9 aliphatic rings. The van der Waals surface area contributed by atoms with Crippen LogP contribution in [-0.2, 0) is 35.0 Å². The van der Waals surface area contributed by atoms with Gasteiger partial charge in [0.1, 0.15) is 73.2 Å². The molecular formula is C48H74N4O17. The molecule has 21 heteroatoms. The van der Waals surface area contributed by atoms with E-state index in [0.29, 0.717) is 35.9 Å². The van der Waals surface area contributed by atoms with Gasteiger partial charge in [-0.3, -0.25) is 4.90 Å². The maximum atomic E-state index is 11.5. The molecule has 6 heterocycles. The predicted octanol–water partition coefficient (Wildman–Crippen LogP) is -1.87. The molecule has 0 bridgehead atoms. The van der Waals surface area contributed by atoms with E-state index in [4.69, 9.17) is 28.4 Å². The minimum atomic E-state index is -1.94. The van der Waals surface area contributed by atoms with Crippen LogP contribution in [0.2, 0.25) is 0 Å². The number of aliphatic hydroxyl groups excluding tert-OH is 11. The van der Waals surface area contributed by atoms with Crippen LogP contribution in [0.3, 0.4) is 0 Å². The number of likely N-dealkylation sites (tertiary alicyclic amines) is 1. The van der Waals surface area contributed by atoms with Crippen molar-refractivity contribution in [3.05, 3.63) is 34.7 Å². The van der Waals surface area contributed by atoms with Gasteiger partial charge in [0.05, 0.1) is 49.5 Å². The van der Waals surface area contributed by atoms with Gasteiger partial charge in [-0.2, -0.15) is 0 Å². The first-order chi connectivity index (χ1) is 32.9. The minimum Gasteiger partial charge on any atom is -0.394 e. The number of aromatic nitrogens is 3. The van der Waals surface area contributed by atoms with Gasteiger partial charge in [-0.05, 0) is 93.0 Å². The number of hydrogen-bond acceptors (Lipinski definition) is 20. The summed E-state index contributed by atoms with van der Waals surface area (Å²) in [5, 5.41) is 126. The summed E-state index contributed by atoms with van der Waals surface area (Å²) < 4.78 is 37.4. The second-order valence-corrected chi connectivity index (χ2v) is 22.2. The molecule has 1 spiro atoms. The number of fused-ring (bicyclic) bond motifs is 6. The monoisotopic (exact) mass is 979 g/mol. The quantitative estimate of drug-likeness (QED) is 0.114. The molecule has 25 atom stereocenters. The number of hydrogen-bond donors (Lipinski definition) is 11. The second-order valence-electron chi connectivity index (χ2n) is 22.2. The lowest BCUT2D eigenvalue weighted by molar-refractivity contribution is -0.374. The summed E-state index contributed by atoms with van der Waals surface area (Å²) in [6.45, 7) is 8.36. The van der Waals surface area contributed by atoms with Crippen molar-refractivity contribution in [2.24, 2.45) is 35.0 Å². The van der Waals surface area contributed by atoms with Crippen molar-refractivity contribution in [1.29, 1.82) is 0 Å². The molecule has 0 unspecified atom stereocenters. The van der Waals surface area contributed by atoms with E-state index >= 15 is 0 Å². The lowest BCUT2D eigenvalue weighted by atomic mass is 9.56. The molecule has 11 N–H and O–H groups in total. The Morgan fingerprint density at radius 1 is 0.768 bits per heavy atom. The van der Waals surface area contributed by atoms with Crippen molar-refractivity contribution in [3.8, 4) is 0 Å². The number of aliphatic hydroxyl groups is 11. The summed E-state index contributed by atoms with van der Waals surface area (Å²) in [6, 6.07) is 0.124. The SMILES string of the molecule is CC1=C2C[C@H]3[C@@H](CC=C4C[C@@H](O)CC[C@@]43C)[C@@H]2CC[C@]12O[C@@H]1C[C@H](C)CN(Cc3cn([C@@H]4O[C@H](CO)[C@@H](O[C@H]5O[C@H](CO)[C@@H](O[C@@H]6O[C@H](CO)[C@@H](O)[C@H](O)[C@H]6O)[C@H](O)[C@H]5O)[C@H](O)[C@H]4O)nn3)[C@H]1[C@H]2C. The normalized spacial score (nSPS) is 51.2. The van der Waals surface area contributed by atoms with Gasteiger partial charge in [0.25, 0.3) is 0 Å². The van der Waals surface area contributed by atoms with Crippen molar-refractivity contribution < 1.29 is 84.6 Å². The summed E-state index contributed by atoms with van der Waals surface area (Å²) in [5.74, 6) is 2.35. The number of rotatable bonds is 10. The molecule has 21 nitrogen and oxygen atoms in total. The van der Waals surface area contributed by atoms with Crippen LogP contribution in [0.1, 0.15) is 91.0 Å². The Morgan fingerprint density at radius 2 is 1.42 bits per heavy atom. The maximum Gasteiger partial charge on any atom is 0.187 e. The molecule has 0 amide bonds. The average Bonchev–Trinajstić information content (AvgIpc) is 4.04. The average molecular weight is 979 g/mol. The molecule has 69 heavy (non-hydrogen) atoms. The maximum absolute atomic E-state index is 11.5. The summed E-state index contributed by atoms with van der Waals surface area (Å²) in [7, 11) is 0. The molecule has 0 aromatic carbocycles. The molecule has 7 fully saturated rings. The van der Waals surface area contributed by atoms with Gasteiger partial charge in [-0.25, -0.2) is 4.68 Å². The fourth-order valence-corrected chi connectivity index (χ4v) is 14.6. The molecule has 5 saturated heterocycles. The molecule has 388 valence electrons. The Labute approximate surface area is 401 Å². The Bertz CT molecular complexity index is 2060. The van der Waals surface area contributed by atoms with Crippen LogP contribution in [0.15, 0.2) is 29.0 Å². The summed E-state index contributed by atoms with van der Waals surface area (Å²) >= 11 is 0. The van der Waals surface area contributed by atoms with Gasteiger partial charge in [-0.15, -0.1) is 5.10 Å². The standard InChI is InChI=1S/C48H74N4O17/c1-20-11-30-34(22(3)48(69-30)10-8-26-27-6-5-23-12-25(56)7-9-47(23,4)29(27)13-28(26)21(48)2)51(14-20)15-24-16-52(50-49-24)44-39(61)37(59)42(32(18-54)64-44)67-46-41(63)38(60)43(33(19-55)66-46)68-45-40(62)36(58)35(57)31(17-53)65-45/h5,16,20,22,25-27,29-46,53-63H,6-15,17-19H2,1-4H3/t20-,22+,25-,26-,27-,29-,30+,31+,32+,33+,34-,35+,36-,37+,38+,39+,40+,41+,42+,43+,44+,45-,46+,47-,48-/m0/s1. The van der Waals surface area contributed by atoms with Crippen LogP contribution in [0.5, 0.6) is 0 Å². The second kappa shape index (κ2) is 19.3. The van der Waals surface area contributed by atoms with Gasteiger partial charge in [-0.1, -0.05) is 43.2 Å². The summed E-state index contributed by atoms with van der Waals surface area (Å²) in [6.07, 6.45) is -12.8. The largest absolute Gasteiger partial charge is 0.394 e. The van der Waals surface area contributed by atoms with E-state index in [1.165, 1.54) is 15.8 Å². The fraction of sp³-hybridized carbons (Fsp3) is 0.875. The molecule has 5 aliphatic heterocycles. The highest BCUT2D eigenvalue weighted by Gasteiger charge is 2.62. The van der Waals surface area contributed by atoms with Crippen LogP contribution < -0.4 is 0 Å². The van der Waals surface area contributed by atoms with E-state index in [-0.39, 0.29) is 35.2 Å². The Hall–Kier alpha value is -2.10. The van der Waals surface area contributed by atoms with Gasteiger partial charge in [0.15, 0.2) is 18.8 Å². The number of piperidine rings is 1. The molecule has 1 aromatic heterocycles. The molecule has 2 saturated carbocycles. The third-order valence-corrected chi connectivity index (χ3v) is 18.4. The van der Waals surface area contributed by atoms with Gasteiger partial charge >= 0.3 is 0 Å². The molecule has 0 radical (unpaired) electrons. The summed E-state index contributed by atoms with van der Waals surface area (Å²) in [4.78, 5) is 2.45. The fourth-order valence-electron chi connectivity index (χ4n) is 14.6. The van der Waals surface area contributed by atoms with Crippen LogP contribution in [0.25, 0.3) is 0 Å². The smallest absolute Gasteiger partial charge is 0.187 e. The number of allylic oxidation sites excluding steroid dienone is 2. The van der Waals surface area contributed by atoms with E-state index in [0.717, 1.165) is 57.9 Å². The molecule has 1 aromatic rings. The minimum absolute atomic E-state index is 0.0300. The van der Waals surface area contributed by atoms with Crippen LogP contribution >= 0.6 is 0 Å². The number of nitrogens with zero attached hydrogens (tertiary/aromatic N) is 4. The van der Waals surface area contributed by atoms with Crippen LogP contribution in [-0.4, -0.2) is 212 Å². The first-order valence-corrected chi connectivity index (χ1v) is 25.2. The topological polar surface area (TPSA) is 312 Å².